The monoisotopic (exact) mass is 1130 g/mol. The van der Waals surface area contributed by atoms with Crippen molar-refractivity contribution in [1.29, 1.82) is 0 Å². The molecular formula is C84H36N6. The van der Waals surface area contributed by atoms with Gasteiger partial charge in [-0.25, -0.2) is 29.9 Å². The molecular weight excluding hydrogens is 1090 g/mol. The molecule has 0 aliphatic carbocycles. The first-order chi connectivity index (χ1) is 44.2. The number of rotatable bonds is 0. The van der Waals surface area contributed by atoms with E-state index in [1.807, 2.05) is 182 Å². The molecule has 0 aliphatic heterocycles. The van der Waals surface area contributed by atoms with E-state index in [2.05, 4.69) is 107 Å². The smallest absolute Gasteiger partial charge is 0.120 e. The standard InChI is InChI=1S/C84H36N6/c1-7-55-13-25-61(26-14-55)37-43-67-49-73-74(50-68(67)44-38-62-27-15-56(8-2)16-28-62)86-80-79(85-73)81-83(89-76-52-70(46-40-64-31-19-58(10-4)20-32-64)69(51-75(76)87-81)45-39-63-29-17-57(9-3)18-30-63)84-82(80)88-77-53-71(47-41-65-33-21-59(11-5)22-34-65)72(54-78(77)90-84)48-42-66-35-23-60(12-6)24-36-66/h1-6,13-36,49-54H. The minimum atomic E-state index is 0.415. The fraction of sp³-hybridized carbons (Fsp3) is 0. The van der Waals surface area contributed by atoms with Crippen LogP contribution >= 0.6 is 0 Å². The summed E-state index contributed by atoms with van der Waals surface area (Å²) in [6.45, 7) is 0. The molecule has 402 valence electrons. The zero-order chi connectivity index (χ0) is 61.5. The number of hydrogen-bond acceptors (Lipinski definition) is 6. The van der Waals surface area contributed by atoms with Crippen molar-refractivity contribution in [3.63, 3.8) is 0 Å². The summed E-state index contributed by atoms with van der Waals surface area (Å²) in [4.78, 5) is 32.4. The lowest BCUT2D eigenvalue weighted by atomic mass is 10.0. The molecule has 10 aromatic carbocycles. The van der Waals surface area contributed by atoms with Crippen molar-refractivity contribution in [2.75, 3.05) is 0 Å². The van der Waals surface area contributed by atoms with Crippen LogP contribution in [0.1, 0.15) is 100 Å². The van der Waals surface area contributed by atoms with Crippen molar-refractivity contribution >= 4 is 66.2 Å². The maximum Gasteiger partial charge on any atom is 0.120 e. The molecule has 0 aliphatic rings. The lowest BCUT2D eigenvalue weighted by Crippen LogP contribution is -2.01. The molecule has 13 rings (SSSR count). The van der Waals surface area contributed by atoms with Crippen LogP contribution in [0.15, 0.2) is 182 Å². The van der Waals surface area contributed by atoms with Gasteiger partial charge in [0, 0.05) is 100 Å². The first kappa shape index (κ1) is 54.9. The highest BCUT2D eigenvalue weighted by atomic mass is 14.9. The van der Waals surface area contributed by atoms with Gasteiger partial charge in [0.05, 0.1) is 33.1 Å². The molecule has 6 heteroatoms. The minimum absolute atomic E-state index is 0.415. The third-order valence-electron chi connectivity index (χ3n) is 14.4. The van der Waals surface area contributed by atoms with Gasteiger partial charge in [-0.3, -0.25) is 0 Å². The first-order valence-corrected chi connectivity index (χ1v) is 27.8. The van der Waals surface area contributed by atoms with Gasteiger partial charge in [0.25, 0.3) is 0 Å². The van der Waals surface area contributed by atoms with E-state index in [4.69, 9.17) is 68.4 Å². The van der Waals surface area contributed by atoms with Crippen molar-refractivity contribution in [3.8, 4) is 145 Å². The van der Waals surface area contributed by atoms with Crippen LogP contribution in [-0.4, -0.2) is 29.9 Å². The average molecular weight is 1130 g/mol. The second-order valence-corrected chi connectivity index (χ2v) is 20.3. The highest BCUT2D eigenvalue weighted by Crippen LogP contribution is 2.35. The number of terminal acetylenes is 6. The van der Waals surface area contributed by atoms with Gasteiger partial charge in [-0.05, 0) is 182 Å². The fourth-order valence-corrected chi connectivity index (χ4v) is 9.66. The van der Waals surface area contributed by atoms with E-state index in [9.17, 15) is 0 Å². The van der Waals surface area contributed by atoms with Crippen LogP contribution in [0.5, 0.6) is 0 Å². The number of hydrogen-bond donors (Lipinski definition) is 0. The van der Waals surface area contributed by atoms with Crippen molar-refractivity contribution < 1.29 is 0 Å². The Kier molecular flexibility index (Phi) is 14.7. The van der Waals surface area contributed by atoms with Gasteiger partial charge >= 0.3 is 0 Å². The van der Waals surface area contributed by atoms with Crippen molar-refractivity contribution in [1.82, 2.24) is 29.9 Å². The topological polar surface area (TPSA) is 77.3 Å². The average Bonchev–Trinajstić information content (AvgIpc) is 0.732. The fourth-order valence-electron chi connectivity index (χ4n) is 9.66. The van der Waals surface area contributed by atoms with Gasteiger partial charge in [-0.1, -0.05) is 107 Å². The molecule has 0 fully saturated rings. The van der Waals surface area contributed by atoms with Crippen LogP contribution in [0.2, 0.25) is 0 Å². The highest BCUT2D eigenvalue weighted by molar-refractivity contribution is 6.21. The SMILES string of the molecule is C#Cc1ccc(C#Cc2cc3nc4c5nc6cc(C#Cc7ccc(C#C)cc7)c(C#Cc7ccc(C#C)cc7)cc6nc5c5nc6cc(C#Cc7ccc(C#C)cc7)c(C#Cc7ccc(C#C)cc7)cc6nc5c4nc3cc2C#Cc2ccc(C#C)cc2)cc1. The lowest BCUT2D eigenvalue weighted by Gasteiger charge is -2.12. The zero-order valence-electron chi connectivity index (χ0n) is 47.5. The zero-order valence-corrected chi connectivity index (χ0v) is 47.5. The highest BCUT2D eigenvalue weighted by Gasteiger charge is 2.21. The molecule has 0 bridgehead atoms. The summed E-state index contributed by atoms with van der Waals surface area (Å²) in [5, 5.41) is 0. The number of aromatic nitrogens is 6. The number of fused-ring (bicyclic) bond motifs is 9. The molecule has 0 spiro atoms. The molecule has 3 aromatic heterocycles. The Bertz CT molecular complexity index is 4950. The lowest BCUT2D eigenvalue weighted by molar-refractivity contribution is 1.33. The molecule has 6 nitrogen and oxygen atoms in total. The van der Waals surface area contributed by atoms with Gasteiger partial charge < -0.3 is 0 Å². The van der Waals surface area contributed by atoms with Crippen LogP contribution < -0.4 is 0 Å². The van der Waals surface area contributed by atoms with Crippen molar-refractivity contribution in [2.24, 2.45) is 0 Å². The summed E-state index contributed by atoms with van der Waals surface area (Å²) < 4.78 is 0. The summed E-state index contributed by atoms with van der Waals surface area (Å²) in [6.07, 6.45) is 34.1. The maximum atomic E-state index is 5.69. The molecule has 0 unspecified atom stereocenters. The van der Waals surface area contributed by atoms with Crippen LogP contribution in [0.3, 0.4) is 0 Å². The Morgan fingerprint density at radius 1 is 0.167 bits per heavy atom. The molecule has 13 aromatic rings. The second kappa shape index (κ2) is 24.1. The number of nitrogens with zero attached hydrogens (tertiary/aromatic N) is 6. The van der Waals surface area contributed by atoms with Crippen LogP contribution in [0.4, 0.5) is 0 Å². The minimum Gasteiger partial charge on any atom is -0.242 e. The van der Waals surface area contributed by atoms with Gasteiger partial charge in [0.1, 0.15) is 33.1 Å². The van der Waals surface area contributed by atoms with Gasteiger partial charge in [-0.15, -0.1) is 38.5 Å². The largest absolute Gasteiger partial charge is 0.242 e. The second-order valence-electron chi connectivity index (χ2n) is 20.3. The van der Waals surface area contributed by atoms with E-state index >= 15 is 0 Å². The normalized spacial score (nSPS) is 10.1. The van der Waals surface area contributed by atoms with E-state index in [1.54, 1.807) is 0 Å². The summed E-state index contributed by atoms with van der Waals surface area (Å²) in [5.74, 6) is 56.1. The van der Waals surface area contributed by atoms with Gasteiger partial charge in [0.2, 0.25) is 0 Å². The third kappa shape index (κ3) is 11.5. The summed E-state index contributed by atoms with van der Waals surface area (Å²) in [5.41, 5.74) is 18.3. The molecule has 0 saturated heterocycles. The van der Waals surface area contributed by atoms with Crippen LogP contribution in [0, 0.1) is 145 Å². The summed E-state index contributed by atoms with van der Waals surface area (Å²) in [7, 11) is 0. The van der Waals surface area contributed by atoms with Crippen LogP contribution in [-0.2, 0) is 0 Å². The maximum absolute atomic E-state index is 5.69. The predicted molar refractivity (Wildman–Crippen MR) is 360 cm³/mol. The Balaban J connectivity index is 1.08. The molecule has 0 N–H and O–H groups in total. The van der Waals surface area contributed by atoms with E-state index in [1.165, 1.54) is 0 Å². The quantitative estimate of drug-likeness (QED) is 0.0855. The molecule has 0 radical (unpaired) electrons. The molecule has 90 heavy (non-hydrogen) atoms. The van der Waals surface area contributed by atoms with Gasteiger partial charge in [-0.2, -0.15) is 0 Å². The molecule has 0 saturated carbocycles. The Labute approximate surface area is 520 Å². The first-order valence-electron chi connectivity index (χ1n) is 27.8. The van der Waals surface area contributed by atoms with Gasteiger partial charge in [0.15, 0.2) is 0 Å². The van der Waals surface area contributed by atoms with Crippen LogP contribution in [0.25, 0.3) is 66.2 Å². The van der Waals surface area contributed by atoms with E-state index in [0.29, 0.717) is 99.6 Å². The third-order valence-corrected chi connectivity index (χ3v) is 14.4. The summed E-state index contributed by atoms with van der Waals surface area (Å²) in [6, 6.07) is 56.1. The number of benzene rings is 10. The van der Waals surface area contributed by atoms with E-state index in [-0.39, 0.29) is 0 Å². The summed E-state index contributed by atoms with van der Waals surface area (Å²) >= 11 is 0. The predicted octanol–water partition coefficient (Wildman–Crippen LogP) is 13.3. The molecule has 0 amide bonds. The van der Waals surface area contributed by atoms with E-state index < -0.39 is 0 Å². The van der Waals surface area contributed by atoms with Crippen molar-refractivity contribution in [3.05, 3.63) is 282 Å². The van der Waals surface area contributed by atoms with E-state index in [0.717, 1.165) is 66.8 Å². The molecule has 0 atom stereocenters. The Hall–Kier alpha value is -14.3. The Morgan fingerprint density at radius 3 is 0.411 bits per heavy atom. The molecule has 3 heterocycles. The Morgan fingerprint density at radius 2 is 0.289 bits per heavy atom. The van der Waals surface area contributed by atoms with Crippen molar-refractivity contribution in [2.45, 2.75) is 0 Å².